The summed E-state index contributed by atoms with van der Waals surface area (Å²) in [5, 5.41) is 10.1. The Morgan fingerprint density at radius 1 is 0.892 bits per heavy atom. The van der Waals surface area contributed by atoms with Crippen LogP contribution in [-0.4, -0.2) is 45.8 Å². The smallest absolute Gasteiger partial charge is 0.159 e. The first-order valence-corrected chi connectivity index (χ1v) is 13.1. The maximum Gasteiger partial charge on any atom is 0.159 e. The van der Waals surface area contributed by atoms with Crippen molar-refractivity contribution in [2.24, 2.45) is 5.92 Å². The molecule has 0 saturated carbocycles. The number of benzene rings is 3. The number of methoxy groups -OCH3 is 3. The van der Waals surface area contributed by atoms with Gasteiger partial charge < -0.3 is 24.2 Å². The van der Waals surface area contributed by atoms with E-state index in [-0.39, 0.29) is 35.6 Å². The van der Waals surface area contributed by atoms with Gasteiger partial charge in [0.2, 0.25) is 0 Å². The number of rotatable bonds is 7. The topological polar surface area (TPSA) is 51.2 Å². The number of hydrogen-bond acceptors (Lipinski definition) is 5. The third-order valence-electron chi connectivity index (χ3n) is 8.18. The molecule has 1 heterocycles. The first-order valence-electron chi connectivity index (χ1n) is 13.1. The van der Waals surface area contributed by atoms with Crippen LogP contribution in [0.2, 0.25) is 0 Å². The summed E-state index contributed by atoms with van der Waals surface area (Å²) in [6, 6.07) is 19.5. The van der Waals surface area contributed by atoms with Crippen LogP contribution in [0.4, 0.5) is 10.1 Å². The maximum absolute atomic E-state index is 15.9. The zero-order valence-corrected chi connectivity index (χ0v) is 21.8. The summed E-state index contributed by atoms with van der Waals surface area (Å²) in [5.74, 6) is 1.10. The number of phenolic OH excluding ortho intramolecular Hbond substituents is 1. The molecule has 6 heteroatoms. The number of phenols is 1. The highest BCUT2D eigenvalue weighted by Crippen LogP contribution is 2.50. The van der Waals surface area contributed by atoms with Gasteiger partial charge in [0.05, 0.1) is 12.8 Å². The lowest BCUT2D eigenvalue weighted by atomic mass is 9.69. The van der Waals surface area contributed by atoms with E-state index in [1.54, 1.807) is 33.5 Å². The highest BCUT2D eigenvalue weighted by Gasteiger charge is 2.35. The number of nitrogens with zero attached hydrogens (tertiary/aromatic N) is 1. The number of ether oxygens (including phenoxy) is 3. The molecule has 5 nitrogen and oxygen atoms in total. The number of fused-ring (bicyclic) bond motifs is 1. The van der Waals surface area contributed by atoms with Crippen molar-refractivity contribution < 1.29 is 23.7 Å². The molecule has 0 radical (unpaired) electrons. The lowest BCUT2D eigenvalue weighted by Gasteiger charge is -2.38. The Balaban J connectivity index is 1.52. The van der Waals surface area contributed by atoms with Gasteiger partial charge in [-0.1, -0.05) is 36.4 Å². The second-order valence-corrected chi connectivity index (χ2v) is 10.1. The van der Waals surface area contributed by atoms with Gasteiger partial charge >= 0.3 is 0 Å². The SMILES string of the molecule is COc1cc(N2CCC(C(OC)OC)CC2)c(F)cc1C1c2ccc(O)cc2CCC1c1ccccc1. The highest BCUT2D eigenvalue weighted by atomic mass is 19.1. The zero-order chi connectivity index (χ0) is 25.9. The molecular formula is C31H36FNO4. The van der Waals surface area contributed by atoms with Gasteiger partial charge in [-0.25, -0.2) is 4.39 Å². The third-order valence-corrected chi connectivity index (χ3v) is 8.18. The van der Waals surface area contributed by atoms with Gasteiger partial charge in [0.1, 0.15) is 17.3 Å². The Bertz CT molecular complexity index is 1210. The summed E-state index contributed by atoms with van der Waals surface area (Å²) in [7, 11) is 4.99. The summed E-state index contributed by atoms with van der Waals surface area (Å²) in [6.07, 6.45) is 3.27. The van der Waals surface area contributed by atoms with E-state index >= 15 is 4.39 Å². The minimum atomic E-state index is -0.234. The molecule has 1 aliphatic heterocycles. The zero-order valence-electron chi connectivity index (χ0n) is 21.8. The number of halogens is 1. The lowest BCUT2D eigenvalue weighted by Crippen LogP contribution is -2.39. The highest BCUT2D eigenvalue weighted by molar-refractivity contribution is 5.59. The van der Waals surface area contributed by atoms with Crippen molar-refractivity contribution in [1.29, 1.82) is 0 Å². The molecule has 196 valence electrons. The van der Waals surface area contributed by atoms with Crippen LogP contribution in [0, 0.1) is 11.7 Å². The van der Waals surface area contributed by atoms with Gasteiger partial charge in [-0.15, -0.1) is 0 Å². The van der Waals surface area contributed by atoms with Crippen molar-refractivity contribution in [3.8, 4) is 11.5 Å². The Morgan fingerprint density at radius 2 is 1.62 bits per heavy atom. The Morgan fingerprint density at radius 3 is 2.30 bits per heavy atom. The van der Waals surface area contributed by atoms with Gasteiger partial charge in [-0.3, -0.25) is 0 Å². The molecule has 0 aromatic heterocycles. The molecule has 1 N–H and O–H groups in total. The van der Waals surface area contributed by atoms with Crippen molar-refractivity contribution in [3.63, 3.8) is 0 Å². The van der Waals surface area contributed by atoms with E-state index in [0.29, 0.717) is 11.4 Å². The average Bonchev–Trinajstić information content (AvgIpc) is 2.94. The molecule has 0 bridgehead atoms. The van der Waals surface area contributed by atoms with E-state index < -0.39 is 0 Å². The summed E-state index contributed by atoms with van der Waals surface area (Å²) in [5.41, 5.74) is 4.87. The van der Waals surface area contributed by atoms with Crippen LogP contribution >= 0.6 is 0 Å². The third kappa shape index (κ3) is 5.05. The van der Waals surface area contributed by atoms with E-state index in [2.05, 4.69) is 29.2 Å². The summed E-state index contributed by atoms with van der Waals surface area (Å²) >= 11 is 0. The number of piperidine rings is 1. The molecule has 1 aliphatic carbocycles. The molecular weight excluding hydrogens is 469 g/mol. The predicted octanol–water partition coefficient (Wildman–Crippen LogP) is 6.24. The van der Waals surface area contributed by atoms with Crippen LogP contribution in [0.25, 0.3) is 0 Å². The van der Waals surface area contributed by atoms with Crippen molar-refractivity contribution in [2.75, 3.05) is 39.3 Å². The van der Waals surface area contributed by atoms with E-state index in [1.807, 2.05) is 24.3 Å². The van der Waals surface area contributed by atoms with Crippen molar-refractivity contribution >= 4 is 5.69 Å². The standard InChI is InChI=1S/C31H36FNO4/c1-35-29-19-28(33-15-13-21(14-16-33)31(36-2)37-3)27(32)18-26(29)30-24(20-7-5-4-6-8-20)11-9-22-17-23(34)10-12-25(22)30/h4-8,10,12,17-19,21,24,30-31,34H,9,11,13-16H2,1-3H3. The number of aryl methyl sites for hydroxylation is 1. The minimum Gasteiger partial charge on any atom is -0.508 e. The second-order valence-electron chi connectivity index (χ2n) is 10.1. The molecule has 0 amide bonds. The first kappa shape index (κ1) is 25.6. The predicted molar refractivity (Wildman–Crippen MR) is 143 cm³/mol. The number of aromatic hydroxyl groups is 1. The number of anilines is 1. The van der Waals surface area contributed by atoms with Crippen molar-refractivity contribution in [3.05, 3.63) is 88.7 Å². The van der Waals surface area contributed by atoms with Gasteiger partial charge in [-0.2, -0.15) is 0 Å². The lowest BCUT2D eigenvalue weighted by molar-refractivity contribution is -0.141. The van der Waals surface area contributed by atoms with Gasteiger partial charge in [0.25, 0.3) is 0 Å². The van der Waals surface area contributed by atoms with Crippen LogP contribution in [0.5, 0.6) is 11.5 Å². The van der Waals surface area contributed by atoms with Crippen LogP contribution in [0.1, 0.15) is 53.4 Å². The fraction of sp³-hybridized carbons (Fsp3) is 0.419. The summed E-state index contributed by atoms with van der Waals surface area (Å²) in [4.78, 5) is 2.10. The molecule has 2 unspecified atom stereocenters. The fourth-order valence-electron chi connectivity index (χ4n) is 6.36. The Kier molecular flexibility index (Phi) is 7.68. The maximum atomic E-state index is 15.9. The molecule has 1 saturated heterocycles. The molecule has 2 aliphatic rings. The minimum absolute atomic E-state index is 0.0832. The molecule has 3 aromatic rings. The van der Waals surface area contributed by atoms with Crippen LogP contribution in [-0.2, 0) is 15.9 Å². The Hall–Kier alpha value is -3.09. The molecule has 0 spiro atoms. The number of hydrogen-bond donors (Lipinski definition) is 1. The first-order chi connectivity index (χ1) is 18.0. The van der Waals surface area contributed by atoms with Crippen molar-refractivity contribution in [2.45, 2.75) is 43.8 Å². The Labute approximate surface area is 218 Å². The summed E-state index contributed by atoms with van der Waals surface area (Å²) in [6.45, 7) is 1.46. The van der Waals surface area contributed by atoms with E-state index in [9.17, 15) is 5.11 Å². The molecule has 1 fully saturated rings. The largest absolute Gasteiger partial charge is 0.508 e. The van der Waals surface area contributed by atoms with E-state index in [1.165, 1.54) is 5.56 Å². The fourth-order valence-corrected chi connectivity index (χ4v) is 6.36. The summed E-state index contributed by atoms with van der Waals surface area (Å²) < 4.78 is 32.7. The van der Waals surface area contributed by atoms with Gasteiger partial charge in [0.15, 0.2) is 6.29 Å². The molecule has 2 atom stereocenters. The van der Waals surface area contributed by atoms with Gasteiger partial charge in [0, 0.05) is 50.8 Å². The van der Waals surface area contributed by atoms with E-state index in [0.717, 1.165) is 55.5 Å². The second kappa shape index (κ2) is 11.1. The van der Waals surface area contributed by atoms with E-state index in [4.69, 9.17) is 14.2 Å². The monoisotopic (exact) mass is 505 g/mol. The average molecular weight is 506 g/mol. The molecule has 5 rings (SSSR count). The van der Waals surface area contributed by atoms with Crippen LogP contribution < -0.4 is 9.64 Å². The van der Waals surface area contributed by atoms with Crippen LogP contribution in [0.15, 0.2) is 60.7 Å². The molecule has 37 heavy (non-hydrogen) atoms. The van der Waals surface area contributed by atoms with Crippen LogP contribution in [0.3, 0.4) is 0 Å². The quantitative estimate of drug-likeness (QED) is 0.386. The van der Waals surface area contributed by atoms with Gasteiger partial charge in [-0.05, 0) is 66.5 Å². The van der Waals surface area contributed by atoms with Crippen molar-refractivity contribution in [1.82, 2.24) is 0 Å². The molecule has 3 aromatic carbocycles. The normalized spacial score (nSPS) is 20.2.